The molecular formula is C23H28N6O3. The maximum Gasteiger partial charge on any atom is 0.270 e. The summed E-state index contributed by atoms with van der Waals surface area (Å²) in [5.74, 6) is 2.29. The number of aromatic nitrogens is 4. The molecule has 1 amide bonds. The van der Waals surface area contributed by atoms with E-state index in [-0.39, 0.29) is 5.91 Å². The fourth-order valence-electron chi connectivity index (χ4n) is 5.20. The van der Waals surface area contributed by atoms with E-state index < -0.39 is 6.29 Å². The van der Waals surface area contributed by atoms with Crippen molar-refractivity contribution in [3.05, 3.63) is 41.9 Å². The lowest BCUT2D eigenvalue weighted by Crippen LogP contribution is -2.27. The third-order valence-electron chi connectivity index (χ3n) is 6.77. The average Bonchev–Trinajstić information content (AvgIpc) is 3.52. The molecule has 9 heteroatoms. The predicted molar refractivity (Wildman–Crippen MR) is 120 cm³/mol. The molecule has 3 aromatic rings. The van der Waals surface area contributed by atoms with Crippen LogP contribution in [0.4, 0.5) is 11.8 Å². The fraction of sp³-hybridized carbons (Fsp3) is 0.478. The summed E-state index contributed by atoms with van der Waals surface area (Å²) < 4.78 is 7.05. The van der Waals surface area contributed by atoms with Gasteiger partial charge in [0.25, 0.3) is 5.91 Å². The normalized spacial score (nSPS) is 22.9. The van der Waals surface area contributed by atoms with Crippen LogP contribution >= 0.6 is 0 Å². The Morgan fingerprint density at radius 2 is 2.09 bits per heavy atom. The van der Waals surface area contributed by atoms with E-state index in [0.717, 1.165) is 23.4 Å². The van der Waals surface area contributed by atoms with Crippen LogP contribution in [0.5, 0.6) is 0 Å². The number of fused-ring (bicyclic) bond motifs is 3. The van der Waals surface area contributed by atoms with Gasteiger partial charge in [-0.2, -0.15) is 4.98 Å². The van der Waals surface area contributed by atoms with Gasteiger partial charge in [0.2, 0.25) is 5.95 Å². The molecule has 2 fully saturated rings. The smallest absolute Gasteiger partial charge is 0.270 e. The lowest BCUT2D eigenvalue weighted by molar-refractivity contribution is -0.0771. The predicted octanol–water partition coefficient (Wildman–Crippen LogP) is 3.27. The molecule has 3 aromatic heterocycles. The van der Waals surface area contributed by atoms with E-state index in [2.05, 4.69) is 19.9 Å². The van der Waals surface area contributed by atoms with Crippen molar-refractivity contribution >= 4 is 28.7 Å². The standard InChI is InChI=1S/C23H28N6O3/c1-28(2)21(30)18-10-16-12-25-23(26-19-7-6-15(11-24-19)22(31)32-3)27-20(16)29(18)17-9-13-4-5-14(17)8-13/h6-7,10-14,17,22,31H,4-5,8-9H2,1-3H3,(H,24,25,26,27). The Kier molecular flexibility index (Phi) is 5.30. The number of rotatable bonds is 6. The Morgan fingerprint density at radius 1 is 1.25 bits per heavy atom. The second-order valence-electron chi connectivity index (χ2n) is 9.00. The molecule has 2 bridgehead atoms. The molecule has 0 saturated heterocycles. The average molecular weight is 437 g/mol. The number of ether oxygens (including phenoxy) is 1. The highest BCUT2D eigenvalue weighted by molar-refractivity contribution is 5.97. The van der Waals surface area contributed by atoms with Crippen molar-refractivity contribution in [3.63, 3.8) is 0 Å². The van der Waals surface area contributed by atoms with Gasteiger partial charge in [-0.15, -0.1) is 0 Å². The summed E-state index contributed by atoms with van der Waals surface area (Å²) in [5.41, 5.74) is 2.01. The second-order valence-corrected chi connectivity index (χ2v) is 9.00. The van der Waals surface area contributed by atoms with Crippen molar-refractivity contribution in [2.75, 3.05) is 26.5 Å². The molecule has 2 aliphatic rings. The molecule has 3 heterocycles. The molecule has 0 radical (unpaired) electrons. The summed E-state index contributed by atoms with van der Waals surface area (Å²) in [6, 6.07) is 5.67. The van der Waals surface area contributed by atoms with E-state index in [4.69, 9.17) is 9.72 Å². The second kappa shape index (κ2) is 8.14. The number of nitrogens with zero attached hydrogens (tertiary/aromatic N) is 5. The van der Waals surface area contributed by atoms with Crippen molar-refractivity contribution < 1.29 is 14.6 Å². The number of hydrogen-bond donors (Lipinski definition) is 2. The zero-order valence-corrected chi connectivity index (χ0v) is 18.5. The number of nitrogens with one attached hydrogen (secondary N) is 1. The van der Waals surface area contributed by atoms with Crippen LogP contribution in [0.3, 0.4) is 0 Å². The van der Waals surface area contributed by atoms with Gasteiger partial charge in [-0.1, -0.05) is 6.42 Å². The van der Waals surface area contributed by atoms with Crippen molar-refractivity contribution in [3.8, 4) is 0 Å². The van der Waals surface area contributed by atoms with Crippen LogP contribution in [0.15, 0.2) is 30.6 Å². The molecular weight excluding hydrogens is 408 g/mol. The monoisotopic (exact) mass is 436 g/mol. The minimum absolute atomic E-state index is 0.0192. The van der Waals surface area contributed by atoms with E-state index in [1.807, 2.05) is 6.07 Å². The van der Waals surface area contributed by atoms with Gasteiger partial charge >= 0.3 is 0 Å². The first kappa shape index (κ1) is 20.8. The summed E-state index contributed by atoms with van der Waals surface area (Å²) in [7, 11) is 4.99. The summed E-state index contributed by atoms with van der Waals surface area (Å²) in [6.45, 7) is 0. The van der Waals surface area contributed by atoms with E-state index in [1.165, 1.54) is 26.4 Å². The fourth-order valence-corrected chi connectivity index (χ4v) is 5.20. The van der Waals surface area contributed by atoms with Crippen LogP contribution < -0.4 is 5.32 Å². The van der Waals surface area contributed by atoms with Gasteiger partial charge in [0.15, 0.2) is 6.29 Å². The Bertz CT molecular complexity index is 1140. The summed E-state index contributed by atoms with van der Waals surface area (Å²) in [4.78, 5) is 28.1. The van der Waals surface area contributed by atoms with Gasteiger partial charge in [0, 0.05) is 50.6 Å². The SMILES string of the molecule is COC(O)c1ccc(Nc2ncc3cc(C(=O)N(C)C)n(C4CC5CCC4C5)c3n2)nc1. The minimum atomic E-state index is -1.01. The van der Waals surface area contributed by atoms with Crippen LogP contribution in [-0.4, -0.2) is 56.6 Å². The highest BCUT2D eigenvalue weighted by Crippen LogP contribution is 2.52. The number of carbonyl (C=O) groups is 1. The third-order valence-corrected chi connectivity index (χ3v) is 6.77. The number of amides is 1. The molecule has 32 heavy (non-hydrogen) atoms. The first-order chi connectivity index (χ1) is 15.4. The molecule has 9 nitrogen and oxygen atoms in total. The zero-order valence-electron chi connectivity index (χ0n) is 18.5. The molecule has 0 spiro atoms. The maximum atomic E-state index is 13.0. The molecule has 2 aliphatic carbocycles. The maximum absolute atomic E-state index is 13.0. The number of carbonyl (C=O) groups excluding carboxylic acids is 1. The molecule has 2 saturated carbocycles. The van der Waals surface area contributed by atoms with Crippen LogP contribution in [0.25, 0.3) is 11.0 Å². The first-order valence-electron chi connectivity index (χ1n) is 11.0. The lowest BCUT2D eigenvalue weighted by Gasteiger charge is -2.26. The quantitative estimate of drug-likeness (QED) is 0.571. The number of pyridine rings is 1. The number of anilines is 2. The largest absolute Gasteiger partial charge is 0.364 e. The molecule has 4 unspecified atom stereocenters. The molecule has 5 rings (SSSR count). The van der Waals surface area contributed by atoms with Crippen molar-refractivity contribution in [1.29, 1.82) is 0 Å². The Balaban J connectivity index is 1.51. The van der Waals surface area contributed by atoms with Gasteiger partial charge in [-0.25, -0.2) is 9.97 Å². The van der Waals surface area contributed by atoms with Gasteiger partial charge in [-0.05, 0) is 49.3 Å². The minimum Gasteiger partial charge on any atom is -0.364 e. The summed E-state index contributed by atoms with van der Waals surface area (Å²) >= 11 is 0. The number of aliphatic hydroxyl groups excluding tert-OH is 1. The van der Waals surface area contributed by atoms with Crippen molar-refractivity contribution in [2.45, 2.75) is 38.0 Å². The lowest BCUT2D eigenvalue weighted by atomic mass is 9.95. The first-order valence-corrected chi connectivity index (χ1v) is 11.0. The van der Waals surface area contributed by atoms with Crippen molar-refractivity contribution in [2.24, 2.45) is 11.8 Å². The zero-order chi connectivity index (χ0) is 22.4. The topological polar surface area (TPSA) is 105 Å². The molecule has 4 atom stereocenters. The van der Waals surface area contributed by atoms with E-state index in [0.29, 0.717) is 35.0 Å². The molecule has 2 N–H and O–H groups in total. The third kappa shape index (κ3) is 3.61. The Morgan fingerprint density at radius 3 is 2.72 bits per heavy atom. The number of aliphatic hydroxyl groups is 1. The van der Waals surface area contributed by atoms with Crippen LogP contribution in [-0.2, 0) is 4.74 Å². The van der Waals surface area contributed by atoms with Crippen LogP contribution in [0.1, 0.15) is 54.1 Å². The van der Waals surface area contributed by atoms with E-state index in [9.17, 15) is 9.90 Å². The Hall–Kier alpha value is -3.04. The molecule has 0 aliphatic heterocycles. The molecule has 0 aromatic carbocycles. The van der Waals surface area contributed by atoms with E-state index >= 15 is 0 Å². The number of methoxy groups -OCH3 is 1. The van der Waals surface area contributed by atoms with Gasteiger partial charge < -0.3 is 24.6 Å². The van der Waals surface area contributed by atoms with Gasteiger partial charge in [0.05, 0.1) is 0 Å². The summed E-state index contributed by atoms with van der Waals surface area (Å²) in [6.07, 6.45) is 7.12. The summed E-state index contributed by atoms with van der Waals surface area (Å²) in [5, 5.41) is 13.7. The van der Waals surface area contributed by atoms with Gasteiger partial charge in [-0.3, -0.25) is 4.79 Å². The van der Waals surface area contributed by atoms with E-state index in [1.54, 1.807) is 43.5 Å². The van der Waals surface area contributed by atoms with Crippen molar-refractivity contribution in [1.82, 2.24) is 24.4 Å². The highest BCUT2D eigenvalue weighted by atomic mass is 16.6. The molecule has 168 valence electrons. The van der Waals surface area contributed by atoms with Crippen LogP contribution in [0.2, 0.25) is 0 Å². The number of hydrogen-bond acceptors (Lipinski definition) is 7. The Labute approximate surface area is 186 Å². The van der Waals surface area contributed by atoms with Crippen LogP contribution in [0, 0.1) is 11.8 Å². The van der Waals surface area contributed by atoms with Gasteiger partial charge in [0.1, 0.15) is 17.2 Å². The highest BCUT2D eigenvalue weighted by Gasteiger charge is 2.42.